The number of carboxylic acid groups (broad SMARTS) is 1. The Bertz CT molecular complexity index is 797. The molecule has 0 saturated heterocycles. The summed E-state index contributed by atoms with van der Waals surface area (Å²) < 4.78 is 5.94. The number of nitrogens with one attached hydrogen (secondary N) is 1. The van der Waals surface area contributed by atoms with Gasteiger partial charge in [-0.25, -0.2) is 0 Å². The molecule has 1 saturated carbocycles. The molecule has 0 aliphatic heterocycles. The van der Waals surface area contributed by atoms with Gasteiger partial charge in [0.1, 0.15) is 0 Å². The van der Waals surface area contributed by atoms with E-state index in [1.54, 1.807) is 13.2 Å². The maximum atomic E-state index is 12.1. The molecule has 2 aliphatic carbocycles. The molecule has 1 fully saturated rings. The Hall–Kier alpha value is -1.92. The van der Waals surface area contributed by atoms with E-state index in [9.17, 15) is 14.7 Å². The van der Waals surface area contributed by atoms with Crippen LogP contribution >= 0.6 is 0 Å². The number of aliphatic carboxylic acids is 1. The Balaban J connectivity index is 1.89. The number of carboxylic acids is 1. The number of primary amides is 1. The standard InChI is InChI=1S/C25H38N2O4/c1-4-25(5-2)19-15-18(22(26)28)10-9-17(19)16-20(31-3)21(25)27-14-13-24(23(29)30)11-7-6-8-12-24/h9-10,15,20-21,27H,4-8,11-14,16H2,1-3H3,(H2,26,28)(H,29,30)/t20-,21+/m0/s1. The third-order valence-electron chi connectivity index (χ3n) is 8.12. The monoisotopic (exact) mass is 430 g/mol. The quantitative estimate of drug-likeness (QED) is 0.553. The van der Waals surface area contributed by atoms with Crippen molar-refractivity contribution >= 4 is 11.9 Å². The predicted molar refractivity (Wildman–Crippen MR) is 121 cm³/mol. The summed E-state index contributed by atoms with van der Waals surface area (Å²) in [6.07, 6.45) is 7.80. The number of nitrogens with two attached hydrogens (primary N) is 1. The maximum absolute atomic E-state index is 12.1. The molecule has 2 atom stereocenters. The van der Waals surface area contributed by atoms with Gasteiger partial charge in [0.15, 0.2) is 0 Å². The molecule has 172 valence electrons. The first-order valence-corrected chi connectivity index (χ1v) is 11.8. The molecule has 1 amide bonds. The van der Waals surface area contributed by atoms with Gasteiger partial charge in [0.2, 0.25) is 5.91 Å². The molecule has 0 aromatic heterocycles. The summed E-state index contributed by atoms with van der Waals surface area (Å²) in [5.41, 5.74) is 7.67. The number of carbonyl (C=O) groups is 2. The van der Waals surface area contributed by atoms with E-state index in [1.165, 1.54) is 11.1 Å². The number of ether oxygens (including phenoxy) is 1. The molecule has 0 spiro atoms. The molecule has 6 heteroatoms. The lowest BCUT2D eigenvalue weighted by atomic mass is 9.62. The van der Waals surface area contributed by atoms with Gasteiger partial charge in [0.25, 0.3) is 0 Å². The zero-order valence-corrected chi connectivity index (χ0v) is 19.2. The Morgan fingerprint density at radius 3 is 2.42 bits per heavy atom. The summed E-state index contributed by atoms with van der Waals surface area (Å²) in [6.45, 7) is 5.00. The molecule has 0 bridgehead atoms. The fourth-order valence-corrected chi connectivity index (χ4v) is 6.11. The Morgan fingerprint density at radius 1 is 1.19 bits per heavy atom. The molecule has 4 N–H and O–H groups in total. The van der Waals surface area contributed by atoms with Crippen LogP contribution in [0.5, 0.6) is 0 Å². The van der Waals surface area contributed by atoms with Crippen LogP contribution in [0, 0.1) is 5.41 Å². The first-order valence-electron chi connectivity index (χ1n) is 11.8. The van der Waals surface area contributed by atoms with Gasteiger partial charge in [-0.2, -0.15) is 0 Å². The van der Waals surface area contributed by atoms with Crippen LogP contribution in [0.25, 0.3) is 0 Å². The van der Waals surface area contributed by atoms with Crippen molar-refractivity contribution < 1.29 is 19.4 Å². The zero-order valence-electron chi connectivity index (χ0n) is 19.2. The lowest BCUT2D eigenvalue weighted by Crippen LogP contribution is -2.59. The Labute approximate surface area is 185 Å². The van der Waals surface area contributed by atoms with Crippen LogP contribution in [0.15, 0.2) is 18.2 Å². The van der Waals surface area contributed by atoms with E-state index in [0.29, 0.717) is 18.5 Å². The topological polar surface area (TPSA) is 102 Å². The smallest absolute Gasteiger partial charge is 0.309 e. The molecule has 1 aromatic rings. The average Bonchev–Trinajstić information content (AvgIpc) is 2.78. The van der Waals surface area contributed by atoms with Gasteiger partial charge in [-0.1, -0.05) is 39.2 Å². The molecule has 31 heavy (non-hydrogen) atoms. The van der Waals surface area contributed by atoms with Crippen LogP contribution in [-0.2, 0) is 21.4 Å². The SMILES string of the molecule is CCC1(CC)c2cc(C(N)=O)ccc2C[C@H](OC)[C@H]1NCCC1(C(=O)O)CCCCC1. The van der Waals surface area contributed by atoms with Gasteiger partial charge in [0, 0.05) is 30.6 Å². The van der Waals surface area contributed by atoms with E-state index in [4.69, 9.17) is 10.5 Å². The molecule has 0 unspecified atom stereocenters. The fraction of sp³-hybridized carbons (Fsp3) is 0.680. The highest BCUT2D eigenvalue weighted by atomic mass is 16.5. The van der Waals surface area contributed by atoms with E-state index in [-0.39, 0.29) is 17.6 Å². The normalized spacial score (nSPS) is 24.4. The highest BCUT2D eigenvalue weighted by Gasteiger charge is 2.47. The molecule has 3 rings (SSSR count). The molecular weight excluding hydrogens is 392 g/mol. The first-order chi connectivity index (χ1) is 14.8. The second-order valence-electron chi connectivity index (χ2n) is 9.41. The van der Waals surface area contributed by atoms with E-state index >= 15 is 0 Å². The third-order valence-corrected chi connectivity index (χ3v) is 8.12. The van der Waals surface area contributed by atoms with Crippen LogP contribution in [0.2, 0.25) is 0 Å². The van der Waals surface area contributed by atoms with Crippen LogP contribution in [0.4, 0.5) is 0 Å². The largest absolute Gasteiger partial charge is 0.481 e. The van der Waals surface area contributed by atoms with Crippen molar-refractivity contribution in [2.45, 2.75) is 89.2 Å². The van der Waals surface area contributed by atoms with Crippen LogP contribution in [0.3, 0.4) is 0 Å². The molecular formula is C25H38N2O4. The number of benzene rings is 1. The Kier molecular flexibility index (Phi) is 7.43. The van der Waals surface area contributed by atoms with Gasteiger partial charge >= 0.3 is 5.97 Å². The number of hydrogen-bond acceptors (Lipinski definition) is 4. The summed E-state index contributed by atoms with van der Waals surface area (Å²) in [7, 11) is 1.75. The van der Waals surface area contributed by atoms with E-state index in [0.717, 1.165) is 51.4 Å². The van der Waals surface area contributed by atoms with Gasteiger partial charge < -0.3 is 20.9 Å². The molecule has 6 nitrogen and oxygen atoms in total. The Morgan fingerprint density at radius 2 is 1.87 bits per heavy atom. The van der Waals surface area contributed by atoms with Crippen LogP contribution < -0.4 is 11.1 Å². The molecule has 1 aromatic carbocycles. The number of hydrogen-bond donors (Lipinski definition) is 3. The number of amides is 1. The predicted octanol–water partition coefficient (Wildman–Crippen LogP) is 3.80. The van der Waals surface area contributed by atoms with Crippen molar-refractivity contribution in [1.82, 2.24) is 5.32 Å². The van der Waals surface area contributed by atoms with Crippen molar-refractivity contribution in [3.8, 4) is 0 Å². The van der Waals surface area contributed by atoms with Crippen molar-refractivity contribution in [3.05, 3.63) is 34.9 Å². The summed E-state index contributed by atoms with van der Waals surface area (Å²) in [5, 5.41) is 13.7. The fourth-order valence-electron chi connectivity index (χ4n) is 6.11. The highest BCUT2D eigenvalue weighted by Crippen LogP contribution is 2.45. The summed E-state index contributed by atoms with van der Waals surface area (Å²) in [5.74, 6) is -1.07. The van der Waals surface area contributed by atoms with E-state index in [1.807, 2.05) is 12.1 Å². The van der Waals surface area contributed by atoms with Crippen LogP contribution in [0.1, 0.15) is 86.7 Å². The van der Waals surface area contributed by atoms with Crippen molar-refractivity contribution in [3.63, 3.8) is 0 Å². The number of methoxy groups -OCH3 is 1. The van der Waals surface area contributed by atoms with Crippen molar-refractivity contribution in [2.75, 3.05) is 13.7 Å². The summed E-state index contributed by atoms with van der Waals surface area (Å²) in [4.78, 5) is 23.9. The van der Waals surface area contributed by atoms with Gasteiger partial charge in [-0.05, 0) is 61.9 Å². The van der Waals surface area contributed by atoms with Gasteiger partial charge in [-0.15, -0.1) is 0 Å². The lowest BCUT2D eigenvalue weighted by molar-refractivity contribution is -0.151. The van der Waals surface area contributed by atoms with Crippen LogP contribution in [-0.4, -0.2) is 42.8 Å². The van der Waals surface area contributed by atoms with Gasteiger partial charge in [-0.3, -0.25) is 9.59 Å². The number of rotatable bonds is 9. The van der Waals surface area contributed by atoms with Crippen molar-refractivity contribution in [1.29, 1.82) is 0 Å². The molecule has 0 radical (unpaired) electrons. The minimum Gasteiger partial charge on any atom is -0.481 e. The van der Waals surface area contributed by atoms with Crippen molar-refractivity contribution in [2.24, 2.45) is 11.1 Å². The maximum Gasteiger partial charge on any atom is 0.309 e. The average molecular weight is 431 g/mol. The summed E-state index contributed by atoms with van der Waals surface area (Å²) >= 11 is 0. The first kappa shape index (κ1) is 23.7. The molecule has 2 aliphatic rings. The summed E-state index contributed by atoms with van der Waals surface area (Å²) in [6, 6.07) is 5.82. The lowest BCUT2D eigenvalue weighted by Gasteiger charge is -2.49. The third kappa shape index (κ3) is 4.37. The second-order valence-corrected chi connectivity index (χ2v) is 9.41. The van der Waals surface area contributed by atoms with Gasteiger partial charge in [0.05, 0.1) is 11.5 Å². The zero-order chi connectivity index (χ0) is 22.6. The van der Waals surface area contributed by atoms with E-state index in [2.05, 4.69) is 19.2 Å². The minimum atomic E-state index is -0.658. The number of fused-ring (bicyclic) bond motifs is 1. The minimum absolute atomic E-state index is 0.0149. The number of carbonyl (C=O) groups excluding carboxylic acids is 1. The second kappa shape index (κ2) is 9.70. The molecule has 0 heterocycles. The van der Waals surface area contributed by atoms with E-state index < -0.39 is 17.3 Å². The highest BCUT2D eigenvalue weighted by molar-refractivity contribution is 5.93.